The Morgan fingerprint density at radius 1 is 0.818 bits per heavy atom. The molecule has 0 aliphatic rings. The van der Waals surface area contributed by atoms with Crippen LogP contribution < -0.4 is 4.74 Å². The van der Waals surface area contributed by atoms with E-state index in [1.165, 1.54) is 0 Å². The van der Waals surface area contributed by atoms with Crippen LogP contribution in [0.1, 0.15) is 25.0 Å². The number of benzene rings is 2. The van der Waals surface area contributed by atoms with Crippen molar-refractivity contribution in [2.45, 2.75) is 13.8 Å². The molecule has 0 atom stereocenters. The van der Waals surface area contributed by atoms with Crippen molar-refractivity contribution in [2.75, 3.05) is 26.2 Å². The second kappa shape index (κ2) is 8.92. The Morgan fingerprint density at radius 3 is 2.00 bits per heavy atom. The van der Waals surface area contributed by atoms with Crippen LogP contribution in [0.2, 0.25) is 0 Å². The third-order valence-electron chi connectivity index (χ3n) is 3.55. The van der Waals surface area contributed by atoms with Crippen molar-refractivity contribution < 1.29 is 4.74 Å². The summed E-state index contributed by atoms with van der Waals surface area (Å²) in [6.07, 6.45) is 0. The highest BCUT2D eigenvalue weighted by Crippen LogP contribution is 2.11. The minimum absolute atomic E-state index is 0.719. The topological polar surface area (TPSA) is 12.5 Å². The number of hydrogen-bond donors (Lipinski definition) is 0. The van der Waals surface area contributed by atoms with Crippen molar-refractivity contribution in [1.82, 2.24) is 4.90 Å². The summed E-state index contributed by atoms with van der Waals surface area (Å²) < 4.78 is 5.77. The molecule has 2 aromatic carbocycles. The van der Waals surface area contributed by atoms with Crippen molar-refractivity contribution in [3.05, 3.63) is 65.7 Å². The van der Waals surface area contributed by atoms with E-state index in [9.17, 15) is 0 Å². The maximum Gasteiger partial charge on any atom is 0.119 e. The lowest BCUT2D eigenvalue weighted by atomic mass is 10.2. The van der Waals surface area contributed by atoms with E-state index in [0.717, 1.165) is 43.1 Å². The second-order valence-corrected chi connectivity index (χ2v) is 5.02. The summed E-state index contributed by atoms with van der Waals surface area (Å²) in [5.74, 6) is 7.22. The zero-order valence-corrected chi connectivity index (χ0v) is 13.4. The quantitative estimate of drug-likeness (QED) is 0.751. The molecule has 0 aliphatic heterocycles. The summed E-state index contributed by atoms with van der Waals surface area (Å²) in [5.41, 5.74) is 2.03. The Hall–Kier alpha value is -2.24. The molecule has 22 heavy (non-hydrogen) atoms. The van der Waals surface area contributed by atoms with Crippen LogP contribution >= 0.6 is 0 Å². The first kappa shape index (κ1) is 16.1. The molecule has 0 heterocycles. The molecule has 0 saturated heterocycles. The van der Waals surface area contributed by atoms with Gasteiger partial charge in [0, 0.05) is 17.7 Å². The fourth-order valence-electron chi connectivity index (χ4n) is 2.13. The Balaban J connectivity index is 1.87. The molecule has 0 unspecified atom stereocenters. The predicted molar refractivity (Wildman–Crippen MR) is 92.1 cm³/mol. The van der Waals surface area contributed by atoms with Crippen LogP contribution in [0.3, 0.4) is 0 Å². The van der Waals surface area contributed by atoms with Gasteiger partial charge in [-0.2, -0.15) is 0 Å². The van der Waals surface area contributed by atoms with Crippen molar-refractivity contribution in [3.63, 3.8) is 0 Å². The van der Waals surface area contributed by atoms with Gasteiger partial charge in [-0.3, -0.25) is 0 Å². The Labute approximate surface area is 133 Å². The summed E-state index contributed by atoms with van der Waals surface area (Å²) in [4.78, 5) is 2.35. The molecule has 0 N–H and O–H groups in total. The van der Waals surface area contributed by atoms with Crippen molar-refractivity contribution in [2.24, 2.45) is 0 Å². The molecule has 0 bridgehead atoms. The lowest BCUT2D eigenvalue weighted by Crippen LogP contribution is -2.27. The van der Waals surface area contributed by atoms with Gasteiger partial charge in [0.1, 0.15) is 12.4 Å². The Kier molecular flexibility index (Phi) is 6.54. The Morgan fingerprint density at radius 2 is 1.41 bits per heavy atom. The van der Waals surface area contributed by atoms with Gasteiger partial charge in [0.05, 0.1) is 0 Å². The van der Waals surface area contributed by atoms with Crippen LogP contribution in [0.4, 0.5) is 0 Å². The molecule has 114 valence electrons. The van der Waals surface area contributed by atoms with Crippen LogP contribution in [-0.2, 0) is 0 Å². The first-order chi connectivity index (χ1) is 10.8. The SMILES string of the molecule is CCN(CC)CCOc1ccc(C#Cc2ccccc2)cc1. The highest BCUT2D eigenvalue weighted by atomic mass is 16.5. The van der Waals surface area contributed by atoms with Crippen LogP contribution in [0, 0.1) is 11.8 Å². The molecular formula is C20H23NO. The Bertz CT molecular complexity index is 604. The van der Waals surface area contributed by atoms with Crippen LogP contribution in [-0.4, -0.2) is 31.1 Å². The lowest BCUT2D eigenvalue weighted by molar-refractivity contribution is 0.223. The summed E-state index contributed by atoms with van der Waals surface area (Å²) >= 11 is 0. The fraction of sp³-hybridized carbons (Fsp3) is 0.300. The normalized spacial score (nSPS) is 10.1. The number of nitrogens with zero attached hydrogens (tertiary/aromatic N) is 1. The molecule has 0 aromatic heterocycles. The summed E-state index contributed by atoms with van der Waals surface area (Å²) in [7, 11) is 0. The third kappa shape index (κ3) is 5.27. The van der Waals surface area contributed by atoms with Crippen LogP contribution in [0.25, 0.3) is 0 Å². The van der Waals surface area contributed by atoms with Gasteiger partial charge in [-0.1, -0.05) is 43.9 Å². The lowest BCUT2D eigenvalue weighted by Gasteiger charge is -2.17. The molecule has 2 heteroatoms. The third-order valence-corrected chi connectivity index (χ3v) is 3.55. The smallest absolute Gasteiger partial charge is 0.119 e. The molecule has 0 saturated carbocycles. The first-order valence-electron chi connectivity index (χ1n) is 7.84. The summed E-state index contributed by atoms with van der Waals surface area (Å²) in [6, 6.07) is 18.0. The fourth-order valence-corrected chi connectivity index (χ4v) is 2.13. The largest absolute Gasteiger partial charge is 0.492 e. The van der Waals surface area contributed by atoms with E-state index >= 15 is 0 Å². The monoisotopic (exact) mass is 293 g/mol. The maximum absolute atomic E-state index is 5.77. The number of hydrogen-bond acceptors (Lipinski definition) is 2. The molecule has 2 nitrogen and oxygen atoms in total. The second-order valence-electron chi connectivity index (χ2n) is 5.02. The average Bonchev–Trinajstić information content (AvgIpc) is 2.59. The van der Waals surface area contributed by atoms with E-state index in [4.69, 9.17) is 4.74 Å². The summed E-state index contributed by atoms with van der Waals surface area (Å²) in [5, 5.41) is 0. The average molecular weight is 293 g/mol. The van der Waals surface area contributed by atoms with Crippen LogP contribution in [0.15, 0.2) is 54.6 Å². The van der Waals surface area contributed by atoms with Crippen molar-refractivity contribution >= 4 is 0 Å². The van der Waals surface area contributed by atoms with Gasteiger partial charge < -0.3 is 9.64 Å². The van der Waals surface area contributed by atoms with Gasteiger partial charge >= 0.3 is 0 Å². The van der Waals surface area contributed by atoms with Gasteiger partial charge in [-0.05, 0) is 49.5 Å². The summed E-state index contributed by atoms with van der Waals surface area (Å²) in [6.45, 7) is 8.15. The molecule has 0 aliphatic carbocycles. The predicted octanol–water partition coefficient (Wildman–Crippen LogP) is 3.81. The number of rotatable bonds is 6. The van der Waals surface area contributed by atoms with E-state index in [0.29, 0.717) is 0 Å². The highest BCUT2D eigenvalue weighted by Gasteiger charge is 1.99. The van der Waals surface area contributed by atoms with Gasteiger partial charge in [-0.25, -0.2) is 0 Å². The van der Waals surface area contributed by atoms with E-state index in [-0.39, 0.29) is 0 Å². The number of likely N-dealkylation sites (N-methyl/N-ethyl adjacent to an activating group) is 1. The zero-order chi connectivity index (χ0) is 15.6. The van der Waals surface area contributed by atoms with Gasteiger partial charge in [0.25, 0.3) is 0 Å². The van der Waals surface area contributed by atoms with Crippen molar-refractivity contribution in [1.29, 1.82) is 0 Å². The van der Waals surface area contributed by atoms with Gasteiger partial charge in [0.2, 0.25) is 0 Å². The van der Waals surface area contributed by atoms with E-state index in [2.05, 4.69) is 30.6 Å². The molecule has 0 radical (unpaired) electrons. The van der Waals surface area contributed by atoms with E-state index in [1.54, 1.807) is 0 Å². The molecular weight excluding hydrogens is 270 g/mol. The van der Waals surface area contributed by atoms with E-state index in [1.807, 2.05) is 54.6 Å². The standard InChI is InChI=1S/C20H23NO/c1-3-21(4-2)16-17-22-20-14-12-19(13-15-20)11-10-18-8-6-5-7-9-18/h5-9,12-15H,3-4,16-17H2,1-2H3. The maximum atomic E-state index is 5.77. The minimum atomic E-state index is 0.719. The number of ether oxygens (including phenoxy) is 1. The van der Waals surface area contributed by atoms with Crippen molar-refractivity contribution in [3.8, 4) is 17.6 Å². The van der Waals surface area contributed by atoms with Gasteiger partial charge in [-0.15, -0.1) is 0 Å². The van der Waals surface area contributed by atoms with Gasteiger partial charge in [0.15, 0.2) is 0 Å². The van der Waals surface area contributed by atoms with Crippen LogP contribution in [0.5, 0.6) is 5.75 Å². The van der Waals surface area contributed by atoms with E-state index < -0.39 is 0 Å². The highest BCUT2D eigenvalue weighted by molar-refractivity contribution is 5.44. The first-order valence-corrected chi connectivity index (χ1v) is 7.84. The zero-order valence-electron chi connectivity index (χ0n) is 13.4. The molecule has 0 fully saturated rings. The molecule has 0 amide bonds. The molecule has 0 spiro atoms. The molecule has 2 rings (SSSR count). The minimum Gasteiger partial charge on any atom is -0.492 e. The molecule has 2 aromatic rings.